The van der Waals surface area contributed by atoms with Crippen LogP contribution in [0.25, 0.3) is 0 Å². The van der Waals surface area contributed by atoms with E-state index < -0.39 is 5.82 Å². The van der Waals surface area contributed by atoms with Crippen LogP contribution in [-0.4, -0.2) is 0 Å². The molecule has 0 amide bonds. The minimum absolute atomic E-state index is 0.0714. The first-order valence-electron chi connectivity index (χ1n) is 5.96. The van der Waals surface area contributed by atoms with E-state index in [1.807, 2.05) is 6.92 Å². The molecule has 0 bridgehead atoms. The van der Waals surface area contributed by atoms with Gasteiger partial charge in [-0.3, -0.25) is 0 Å². The van der Waals surface area contributed by atoms with Gasteiger partial charge in [-0.25, -0.2) is 4.39 Å². The third-order valence-electron chi connectivity index (χ3n) is 3.01. The molecule has 1 unspecified atom stereocenters. The zero-order valence-corrected chi connectivity index (χ0v) is 12.6. The Bertz CT molecular complexity index is 610. The van der Waals surface area contributed by atoms with Crippen LogP contribution >= 0.6 is 22.9 Å². The summed E-state index contributed by atoms with van der Waals surface area (Å²) in [5, 5.41) is 3.35. The van der Waals surface area contributed by atoms with Crippen LogP contribution < -0.4 is 11.1 Å². The van der Waals surface area contributed by atoms with Gasteiger partial charge in [0.2, 0.25) is 0 Å². The Hall–Kier alpha value is -1.26. The molecule has 1 aromatic carbocycles. The minimum atomic E-state index is -0.500. The summed E-state index contributed by atoms with van der Waals surface area (Å²) in [5.74, 6) is -0.500. The molecule has 2 aromatic rings. The lowest BCUT2D eigenvalue weighted by molar-refractivity contribution is 0.629. The third-order valence-corrected chi connectivity index (χ3v) is 4.28. The number of halogens is 2. The predicted molar refractivity (Wildman–Crippen MR) is 81.7 cm³/mol. The van der Waals surface area contributed by atoms with Crippen LogP contribution in [0.2, 0.25) is 5.02 Å². The van der Waals surface area contributed by atoms with E-state index in [0.29, 0.717) is 11.4 Å². The van der Waals surface area contributed by atoms with E-state index in [0.717, 1.165) is 0 Å². The van der Waals surface area contributed by atoms with Gasteiger partial charge < -0.3 is 11.1 Å². The topological polar surface area (TPSA) is 38.0 Å². The molecule has 3 N–H and O–H groups in total. The summed E-state index contributed by atoms with van der Waals surface area (Å²) < 4.78 is 13.2. The van der Waals surface area contributed by atoms with Gasteiger partial charge in [-0.15, -0.1) is 11.3 Å². The highest BCUT2D eigenvalue weighted by Gasteiger charge is 2.13. The number of rotatable bonds is 3. The van der Waals surface area contributed by atoms with Gasteiger partial charge in [-0.2, -0.15) is 0 Å². The number of nitrogen functional groups attached to an aromatic ring is 1. The molecular formula is C14H16ClFN2S. The normalized spacial score (nSPS) is 12.5. The maximum atomic E-state index is 13.2. The van der Waals surface area contributed by atoms with Crippen LogP contribution in [0, 0.1) is 19.7 Å². The lowest BCUT2D eigenvalue weighted by atomic mass is 10.1. The first-order chi connectivity index (χ1) is 8.88. The maximum Gasteiger partial charge on any atom is 0.143 e. The molecule has 0 saturated heterocycles. The summed E-state index contributed by atoms with van der Waals surface area (Å²) in [6, 6.07) is 5.01. The van der Waals surface area contributed by atoms with Gasteiger partial charge in [0.25, 0.3) is 0 Å². The number of anilines is 2. The number of nitrogens with two attached hydrogens (primary N) is 1. The summed E-state index contributed by atoms with van der Waals surface area (Å²) in [6.07, 6.45) is 0. The fourth-order valence-electron chi connectivity index (χ4n) is 2.08. The highest BCUT2D eigenvalue weighted by molar-refractivity contribution is 7.12. The molecule has 1 heterocycles. The van der Waals surface area contributed by atoms with Gasteiger partial charge in [0.05, 0.1) is 16.4 Å². The van der Waals surface area contributed by atoms with Crippen LogP contribution in [0.3, 0.4) is 0 Å². The van der Waals surface area contributed by atoms with Crippen molar-refractivity contribution in [3.8, 4) is 0 Å². The second-order valence-electron chi connectivity index (χ2n) is 4.59. The van der Waals surface area contributed by atoms with Gasteiger partial charge in [-0.05, 0) is 38.5 Å². The van der Waals surface area contributed by atoms with Crippen LogP contribution in [-0.2, 0) is 0 Å². The molecule has 1 aromatic heterocycles. The van der Waals surface area contributed by atoms with E-state index in [4.69, 9.17) is 17.3 Å². The Balaban J connectivity index is 2.26. The Labute approximate surface area is 121 Å². The molecule has 0 radical (unpaired) electrons. The molecule has 2 rings (SSSR count). The molecule has 2 nitrogen and oxygen atoms in total. The van der Waals surface area contributed by atoms with Crippen molar-refractivity contribution >= 4 is 34.3 Å². The molecule has 5 heteroatoms. The van der Waals surface area contributed by atoms with Crippen molar-refractivity contribution in [3.05, 3.63) is 44.4 Å². The van der Waals surface area contributed by atoms with E-state index in [-0.39, 0.29) is 11.1 Å². The average molecular weight is 299 g/mol. The fourth-order valence-corrected chi connectivity index (χ4v) is 3.26. The van der Waals surface area contributed by atoms with Crippen molar-refractivity contribution < 1.29 is 4.39 Å². The second kappa shape index (κ2) is 5.39. The Morgan fingerprint density at radius 3 is 2.58 bits per heavy atom. The van der Waals surface area contributed by atoms with Crippen molar-refractivity contribution in [3.63, 3.8) is 0 Å². The molecule has 0 aliphatic rings. The molecule has 1 atom stereocenters. The lowest BCUT2D eigenvalue weighted by Crippen LogP contribution is -2.09. The molecule has 19 heavy (non-hydrogen) atoms. The predicted octanol–water partition coefficient (Wildman–Crippen LogP) is 4.91. The van der Waals surface area contributed by atoms with Crippen molar-refractivity contribution in [1.82, 2.24) is 0 Å². The third kappa shape index (κ3) is 3.01. The van der Waals surface area contributed by atoms with Crippen molar-refractivity contribution in [2.45, 2.75) is 26.8 Å². The summed E-state index contributed by atoms with van der Waals surface area (Å²) >= 11 is 7.54. The minimum Gasteiger partial charge on any atom is -0.397 e. The highest BCUT2D eigenvalue weighted by atomic mass is 35.5. The first kappa shape index (κ1) is 14.2. The van der Waals surface area contributed by atoms with Crippen LogP contribution in [0.5, 0.6) is 0 Å². The average Bonchev–Trinajstić information content (AvgIpc) is 2.65. The van der Waals surface area contributed by atoms with E-state index in [9.17, 15) is 4.39 Å². The smallest absolute Gasteiger partial charge is 0.143 e. The summed E-state index contributed by atoms with van der Waals surface area (Å²) in [7, 11) is 0. The molecule has 0 fully saturated rings. The van der Waals surface area contributed by atoms with E-state index >= 15 is 0 Å². The summed E-state index contributed by atoms with van der Waals surface area (Å²) in [6.45, 7) is 6.22. The van der Waals surface area contributed by atoms with E-state index in [2.05, 4.69) is 25.2 Å². The zero-order valence-electron chi connectivity index (χ0n) is 11.1. The Kier molecular flexibility index (Phi) is 4.02. The second-order valence-corrected chi connectivity index (χ2v) is 6.46. The quantitative estimate of drug-likeness (QED) is 0.790. The van der Waals surface area contributed by atoms with Gasteiger partial charge in [0.15, 0.2) is 0 Å². The van der Waals surface area contributed by atoms with Gasteiger partial charge in [0, 0.05) is 21.9 Å². The fraction of sp³-hybridized carbons (Fsp3) is 0.286. The van der Waals surface area contributed by atoms with Gasteiger partial charge in [-0.1, -0.05) is 11.6 Å². The molecule has 0 saturated carbocycles. The monoisotopic (exact) mass is 298 g/mol. The SMILES string of the molecule is Cc1cc(C(C)Nc2cc(Cl)c(F)cc2N)c(C)s1. The zero-order chi connectivity index (χ0) is 14.2. The molecular weight excluding hydrogens is 283 g/mol. The maximum absolute atomic E-state index is 13.2. The summed E-state index contributed by atoms with van der Waals surface area (Å²) in [5.41, 5.74) is 8.04. The molecule has 0 aliphatic heterocycles. The van der Waals surface area contributed by atoms with Crippen molar-refractivity contribution in [1.29, 1.82) is 0 Å². The van der Waals surface area contributed by atoms with E-state index in [1.165, 1.54) is 27.5 Å². The van der Waals surface area contributed by atoms with Crippen molar-refractivity contribution in [2.24, 2.45) is 0 Å². The number of hydrogen-bond donors (Lipinski definition) is 2. The molecule has 0 aliphatic carbocycles. The van der Waals surface area contributed by atoms with Crippen LogP contribution in [0.15, 0.2) is 18.2 Å². The highest BCUT2D eigenvalue weighted by Crippen LogP contribution is 2.32. The lowest BCUT2D eigenvalue weighted by Gasteiger charge is -2.17. The largest absolute Gasteiger partial charge is 0.397 e. The Morgan fingerprint density at radius 2 is 2.00 bits per heavy atom. The first-order valence-corrected chi connectivity index (χ1v) is 7.16. The number of thiophene rings is 1. The van der Waals surface area contributed by atoms with Crippen molar-refractivity contribution in [2.75, 3.05) is 11.1 Å². The van der Waals surface area contributed by atoms with Crippen LogP contribution in [0.4, 0.5) is 15.8 Å². The number of aryl methyl sites for hydroxylation is 2. The van der Waals surface area contributed by atoms with Gasteiger partial charge in [0.1, 0.15) is 5.82 Å². The standard InChI is InChI=1S/C14H16ClFN2S/c1-7-4-10(9(3)19-7)8(2)18-14-5-11(15)12(16)6-13(14)17/h4-6,8,18H,17H2,1-3H3. The van der Waals surface area contributed by atoms with Gasteiger partial charge >= 0.3 is 0 Å². The van der Waals surface area contributed by atoms with Crippen LogP contribution in [0.1, 0.15) is 28.3 Å². The number of nitrogens with one attached hydrogen (secondary N) is 1. The molecule has 0 spiro atoms. The number of benzene rings is 1. The Morgan fingerprint density at radius 1 is 1.32 bits per heavy atom. The van der Waals surface area contributed by atoms with E-state index in [1.54, 1.807) is 11.3 Å². The molecule has 102 valence electrons. The number of hydrogen-bond acceptors (Lipinski definition) is 3. The summed E-state index contributed by atoms with van der Waals surface area (Å²) in [4.78, 5) is 2.54.